The quantitative estimate of drug-likeness (QED) is 0.466. The first-order valence-corrected chi connectivity index (χ1v) is 11.1. The molecule has 1 aliphatic rings. The summed E-state index contributed by atoms with van der Waals surface area (Å²) in [6, 6.07) is 19.1. The molecule has 0 bridgehead atoms. The van der Waals surface area contributed by atoms with E-state index in [9.17, 15) is 4.39 Å². The molecule has 0 saturated carbocycles. The van der Waals surface area contributed by atoms with Crippen LogP contribution in [0.2, 0.25) is 5.02 Å². The normalized spacial score (nSPS) is 14.2. The topological polar surface area (TPSA) is 42.3 Å². The van der Waals surface area contributed by atoms with Crippen LogP contribution < -0.4 is 15.0 Å². The summed E-state index contributed by atoms with van der Waals surface area (Å²) in [6.45, 7) is 4.11. The largest absolute Gasteiger partial charge is 0.496 e. The van der Waals surface area contributed by atoms with Gasteiger partial charge >= 0.3 is 0 Å². The Balaban J connectivity index is 1.69. The van der Waals surface area contributed by atoms with Crippen molar-refractivity contribution >= 4 is 28.6 Å². The van der Waals surface area contributed by atoms with Gasteiger partial charge in [0.1, 0.15) is 11.6 Å². The number of hydrogen-bond acceptors (Lipinski definition) is 4. The number of fused-ring (bicyclic) bond motifs is 1. The second kappa shape index (κ2) is 8.81. The average Bonchev–Trinajstić information content (AvgIpc) is 3.20. The molecule has 0 radical (unpaired) electrons. The molecular formula is C25H24ClFN4O. The predicted molar refractivity (Wildman–Crippen MR) is 127 cm³/mol. The summed E-state index contributed by atoms with van der Waals surface area (Å²) in [5.41, 5.74) is 4.88. The maximum absolute atomic E-state index is 13.7. The standard InChI is InChI=1S/C25H24ClFN4O/c1-32-23-8-3-2-5-18(23)19-6-4-7-22-24(19)29-25(30-13-11-28-12-14-30)31(22)16-17-9-10-21(27)20(26)15-17/h2-10,15,28H,11-14,16H2,1H3. The molecule has 4 aromatic rings. The van der Waals surface area contributed by atoms with Crippen molar-refractivity contribution in [1.29, 1.82) is 0 Å². The lowest BCUT2D eigenvalue weighted by Crippen LogP contribution is -2.44. The fraction of sp³-hybridized carbons (Fsp3) is 0.240. The maximum atomic E-state index is 13.7. The number of imidazole rings is 1. The number of para-hydroxylation sites is 2. The minimum absolute atomic E-state index is 0.130. The molecule has 1 fully saturated rings. The second-order valence-electron chi connectivity index (χ2n) is 7.86. The van der Waals surface area contributed by atoms with Gasteiger partial charge in [0.15, 0.2) is 0 Å². The fourth-order valence-corrected chi connectivity index (χ4v) is 4.51. The van der Waals surface area contributed by atoms with Gasteiger partial charge in [0.05, 0.1) is 29.7 Å². The summed E-state index contributed by atoms with van der Waals surface area (Å²) in [4.78, 5) is 7.42. The van der Waals surface area contributed by atoms with Crippen LogP contribution in [0.15, 0.2) is 60.7 Å². The molecule has 3 aromatic carbocycles. The smallest absolute Gasteiger partial charge is 0.206 e. The molecular weight excluding hydrogens is 427 g/mol. The number of rotatable bonds is 5. The molecule has 2 heterocycles. The lowest BCUT2D eigenvalue weighted by atomic mass is 10.0. The number of nitrogens with one attached hydrogen (secondary N) is 1. The summed E-state index contributed by atoms with van der Waals surface area (Å²) >= 11 is 6.07. The van der Waals surface area contributed by atoms with Crippen molar-refractivity contribution < 1.29 is 9.13 Å². The molecule has 0 aliphatic carbocycles. The first-order valence-electron chi connectivity index (χ1n) is 10.7. The van der Waals surface area contributed by atoms with Gasteiger partial charge in [-0.15, -0.1) is 0 Å². The number of anilines is 1. The molecule has 32 heavy (non-hydrogen) atoms. The van der Waals surface area contributed by atoms with Crippen molar-refractivity contribution in [3.63, 3.8) is 0 Å². The highest BCUT2D eigenvalue weighted by Crippen LogP contribution is 2.36. The van der Waals surface area contributed by atoms with Crippen LogP contribution in [-0.4, -0.2) is 42.8 Å². The molecule has 5 nitrogen and oxygen atoms in total. The van der Waals surface area contributed by atoms with Gasteiger partial charge in [0, 0.05) is 37.3 Å². The van der Waals surface area contributed by atoms with E-state index in [0.29, 0.717) is 6.54 Å². The Kier molecular flexibility index (Phi) is 5.72. The molecule has 1 aliphatic heterocycles. The van der Waals surface area contributed by atoms with E-state index in [0.717, 1.165) is 65.6 Å². The molecule has 7 heteroatoms. The van der Waals surface area contributed by atoms with Crippen molar-refractivity contribution in [3.8, 4) is 16.9 Å². The number of halogens is 2. The fourth-order valence-electron chi connectivity index (χ4n) is 4.30. The van der Waals surface area contributed by atoms with Crippen LogP contribution in [0.5, 0.6) is 5.75 Å². The van der Waals surface area contributed by atoms with E-state index in [-0.39, 0.29) is 5.02 Å². The molecule has 164 valence electrons. The molecule has 1 saturated heterocycles. The van der Waals surface area contributed by atoms with Gasteiger partial charge in [0.25, 0.3) is 0 Å². The lowest BCUT2D eigenvalue weighted by Gasteiger charge is -2.29. The SMILES string of the molecule is COc1ccccc1-c1cccc2c1nc(N1CCNCC1)n2Cc1ccc(F)c(Cl)c1. The van der Waals surface area contributed by atoms with Crippen LogP contribution in [0, 0.1) is 5.82 Å². The van der Waals surface area contributed by atoms with E-state index in [1.54, 1.807) is 19.2 Å². The van der Waals surface area contributed by atoms with E-state index in [1.165, 1.54) is 6.07 Å². The van der Waals surface area contributed by atoms with Crippen LogP contribution in [-0.2, 0) is 6.54 Å². The number of hydrogen-bond donors (Lipinski definition) is 1. The zero-order chi connectivity index (χ0) is 22.1. The lowest BCUT2D eigenvalue weighted by molar-refractivity contribution is 0.416. The molecule has 1 aromatic heterocycles. The van der Waals surface area contributed by atoms with Crippen LogP contribution in [0.25, 0.3) is 22.2 Å². The molecule has 1 N–H and O–H groups in total. The molecule has 0 unspecified atom stereocenters. The maximum Gasteiger partial charge on any atom is 0.206 e. The zero-order valence-electron chi connectivity index (χ0n) is 17.8. The third kappa shape index (κ3) is 3.80. The first-order chi connectivity index (χ1) is 15.7. The van der Waals surface area contributed by atoms with Gasteiger partial charge in [-0.3, -0.25) is 0 Å². The number of aromatic nitrogens is 2. The Bertz CT molecular complexity index is 1270. The van der Waals surface area contributed by atoms with E-state index in [1.807, 2.05) is 24.3 Å². The molecule has 0 amide bonds. The Morgan fingerprint density at radius 2 is 1.81 bits per heavy atom. The van der Waals surface area contributed by atoms with Gasteiger partial charge in [-0.1, -0.05) is 48.0 Å². The summed E-state index contributed by atoms with van der Waals surface area (Å²) in [5.74, 6) is 1.31. The van der Waals surface area contributed by atoms with Crippen molar-refractivity contribution in [3.05, 3.63) is 77.1 Å². The number of methoxy groups -OCH3 is 1. The van der Waals surface area contributed by atoms with Gasteiger partial charge in [-0.05, 0) is 29.8 Å². The predicted octanol–water partition coefficient (Wildman–Crippen LogP) is 4.96. The summed E-state index contributed by atoms with van der Waals surface area (Å²) in [7, 11) is 1.68. The van der Waals surface area contributed by atoms with Crippen LogP contribution >= 0.6 is 11.6 Å². The van der Waals surface area contributed by atoms with Crippen LogP contribution in [0.3, 0.4) is 0 Å². The highest BCUT2D eigenvalue weighted by molar-refractivity contribution is 6.30. The molecule has 0 spiro atoms. The monoisotopic (exact) mass is 450 g/mol. The van der Waals surface area contributed by atoms with Gasteiger partial charge in [-0.25, -0.2) is 9.37 Å². The molecule has 5 rings (SSSR count). The van der Waals surface area contributed by atoms with Crippen molar-refractivity contribution in [2.45, 2.75) is 6.54 Å². The minimum atomic E-state index is -0.410. The van der Waals surface area contributed by atoms with Crippen LogP contribution in [0.1, 0.15) is 5.56 Å². The minimum Gasteiger partial charge on any atom is -0.496 e. The third-order valence-electron chi connectivity index (χ3n) is 5.88. The number of ether oxygens (including phenoxy) is 1. The van der Waals surface area contributed by atoms with Crippen molar-refractivity contribution in [2.24, 2.45) is 0 Å². The first kappa shape index (κ1) is 20.8. The van der Waals surface area contributed by atoms with Crippen molar-refractivity contribution in [1.82, 2.24) is 14.9 Å². The molecule has 0 atom stereocenters. The van der Waals surface area contributed by atoms with Gasteiger partial charge in [0.2, 0.25) is 5.95 Å². The van der Waals surface area contributed by atoms with E-state index < -0.39 is 5.82 Å². The second-order valence-corrected chi connectivity index (χ2v) is 8.26. The van der Waals surface area contributed by atoms with E-state index in [4.69, 9.17) is 21.3 Å². The van der Waals surface area contributed by atoms with E-state index >= 15 is 0 Å². The summed E-state index contributed by atoms with van der Waals surface area (Å²) in [6.07, 6.45) is 0. The number of benzene rings is 3. The highest BCUT2D eigenvalue weighted by Gasteiger charge is 2.22. The summed E-state index contributed by atoms with van der Waals surface area (Å²) in [5, 5.41) is 3.53. The third-order valence-corrected chi connectivity index (χ3v) is 6.17. The average molecular weight is 451 g/mol. The van der Waals surface area contributed by atoms with Crippen molar-refractivity contribution in [2.75, 3.05) is 38.2 Å². The Morgan fingerprint density at radius 3 is 2.59 bits per heavy atom. The number of piperazine rings is 1. The van der Waals surface area contributed by atoms with Gasteiger partial charge in [-0.2, -0.15) is 0 Å². The summed E-state index contributed by atoms with van der Waals surface area (Å²) < 4.78 is 21.6. The van der Waals surface area contributed by atoms with Crippen LogP contribution in [0.4, 0.5) is 10.3 Å². The highest BCUT2D eigenvalue weighted by atomic mass is 35.5. The van der Waals surface area contributed by atoms with E-state index in [2.05, 4.69) is 33.0 Å². The zero-order valence-corrected chi connectivity index (χ0v) is 18.6. The van der Waals surface area contributed by atoms with Gasteiger partial charge < -0.3 is 19.5 Å². The number of nitrogens with zero attached hydrogens (tertiary/aromatic N) is 3. The Hall–Kier alpha value is -3.09. The Morgan fingerprint density at radius 1 is 1.03 bits per heavy atom. The Labute approximate surface area is 191 Å².